The molecule has 1 fully saturated rings. The van der Waals surface area contributed by atoms with Gasteiger partial charge in [-0.15, -0.1) is 11.3 Å². The van der Waals surface area contributed by atoms with Crippen molar-refractivity contribution >= 4 is 34.7 Å². The second-order valence-corrected chi connectivity index (χ2v) is 7.51. The highest BCUT2D eigenvalue weighted by atomic mass is 35.5. The smallest absolute Gasteiger partial charge is 0.227 e. The van der Waals surface area contributed by atoms with Crippen LogP contribution in [-0.4, -0.2) is 52.1 Å². The number of hydrogen-bond donors (Lipinski definition) is 0. The molecule has 4 rings (SSSR count). The van der Waals surface area contributed by atoms with Crippen LogP contribution >= 0.6 is 22.9 Å². The van der Waals surface area contributed by atoms with Gasteiger partial charge >= 0.3 is 0 Å². The highest BCUT2D eigenvalue weighted by Crippen LogP contribution is 2.22. The molecule has 0 spiro atoms. The fourth-order valence-electron chi connectivity index (χ4n) is 2.99. The molecule has 0 atom stereocenters. The first kappa shape index (κ1) is 17.9. The van der Waals surface area contributed by atoms with Crippen LogP contribution in [0.2, 0.25) is 5.15 Å². The van der Waals surface area contributed by atoms with E-state index in [0.717, 1.165) is 23.8 Å². The molecule has 0 N–H and O–H groups in total. The number of halogens is 1. The number of amides is 1. The SMILES string of the molecule is O=C(CCc1nc(-c2cccs2)no1)N1CCN(c2cccc(Cl)n2)CC1. The van der Waals surface area contributed by atoms with Gasteiger partial charge in [0.1, 0.15) is 11.0 Å². The summed E-state index contributed by atoms with van der Waals surface area (Å²) in [6.45, 7) is 2.80. The number of pyridine rings is 1. The van der Waals surface area contributed by atoms with E-state index >= 15 is 0 Å². The van der Waals surface area contributed by atoms with Gasteiger partial charge in [0.25, 0.3) is 0 Å². The zero-order valence-electron chi connectivity index (χ0n) is 14.5. The predicted molar refractivity (Wildman–Crippen MR) is 104 cm³/mol. The zero-order chi connectivity index (χ0) is 18.6. The largest absolute Gasteiger partial charge is 0.353 e. The Labute approximate surface area is 165 Å². The number of carbonyl (C=O) groups excluding carboxylic acids is 1. The van der Waals surface area contributed by atoms with Gasteiger partial charge < -0.3 is 14.3 Å². The van der Waals surface area contributed by atoms with Crippen LogP contribution < -0.4 is 4.90 Å². The van der Waals surface area contributed by atoms with Crippen LogP contribution in [0.1, 0.15) is 12.3 Å². The predicted octanol–water partition coefficient (Wildman–Crippen LogP) is 3.13. The fourth-order valence-corrected chi connectivity index (χ4v) is 3.80. The Balaban J connectivity index is 1.27. The lowest BCUT2D eigenvalue weighted by molar-refractivity contribution is -0.131. The van der Waals surface area contributed by atoms with Crippen LogP contribution in [0.4, 0.5) is 5.82 Å². The molecule has 9 heteroatoms. The standard InChI is InChI=1S/C18H18ClN5O2S/c19-14-4-1-5-15(20-14)23-8-10-24(11-9-23)17(25)7-6-16-21-18(22-26-16)13-3-2-12-27-13/h1-5,12H,6-11H2. The molecule has 1 aliphatic heterocycles. The van der Waals surface area contributed by atoms with Crippen LogP contribution in [0.25, 0.3) is 10.7 Å². The summed E-state index contributed by atoms with van der Waals surface area (Å²) < 4.78 is 5.26. The van der Waals surface area contributed by atoms with Crippen LogP contribution in [0.3, 0.4) is 0 Å². The van der Waals surface area contributed by atoms with Gasteiger partial charge in [-0.25, -0.2) is 4.98 Å². The zero-order valence-corrected chi connectivity index (χ0v) is 16.1. The molecule has 3 aromatic heterocycles. The molecule has 7 nitrogen and oxygen atoms in total. The number of aromatic nitrogens is 3. The van der Waals surface area contributed by atoms with Gasteiger partial charge in [0, 0.05) is 39.0 Å². The van der Waals surface area contributed by atoms with E-state index in [4.69, 9.17) is 16.1 Å². The van der Waals surface area contributed by atoms with E-state index in [1.54, 1.807) is 17.4 Å². The van der Waals surface area contributed by atoms with Gasteiger partial charge in [-0.05, 0) is 23.6 Å². The van der Waals surface area contributed by atoms with Crippen molar-refractivity contribution in [2.24, 2.45) is 0 Å². The number of piperazine rings is 1. The van der Waals surface area contributed by atoms with E-state index < -0.39 is 0 Å². The monoisotopic (exact) mass is 403 g/mol. The Morgan fingerprint density at radius 2 is 2.00 bits per heavy atom. The molecule has 4 heterocycles. The molecule has 3 aromatic rings. The molecule has 0 radical (unpaired) electrons. The number of nitrogens with zero attached hydrogens (tertiary/aromatic N) is 5. The summed E-state index contributed by atoms with van der Waals surface area (Å²) in [6, 6.07) is 9.46. The summed E-state index contributed by atoms with van der Waals surface area (Å²) in [5.41, 5.74) is 0. The van der Waals surface area contributed by atoms with Gasteiger partial charge in [0.05, 0.1) is 4.88 Å². The minimum atomic E-state index is 0.101. The molecule has 0 bridgehead atoms. The number of aryl methyl sites for hydroxylation is 1. The summed E-state index contributed by atoms with van der Waals surface area (Å²) in [7, 11) is 0. The van der Waals surface area contributed by atoms with Gasteiger partial charge in [0.15, 0.2) is 0 Å². The Hall–Kier alpha value is -2.45. The molecule has 0 aliphatic carbocycles. The van der Waals surface area contributed by atoms with Gasteiger partial charge in [0.2, 0.25) is 17.6 Å². The summed E-state index contributed by atoms with van der Waals surface area (Å²) >= 11 is 7.51. The van der Waals surface area contributed by atoms with Gasteiger partial charge in [-0.2, -0.15) is 4.98 Å². The van der Waals surface area contributed by atoms with Crippen LogP contribution in [0.5, 0.6) is 0 Å². The molecule has 1 amide bonds. The molecule has 0 saturated carbocycles. The molecular weight excluding hydrogens is 386 g/mol. The van der Waals surface area contributed by atoms with E-state index in [1.165, 1.54) is 0 Å². The number of thiophene rings is 1. The maximum Gasteiger partial charge on any atom is 0.227 e. The summed E-state index contributed by atoms with van der Waals surface area (Å²) in [6.07, 6.45) is 0.814. The minimum Gasteiger partial charge on any atom is -0.353 e. The van der Waals surface area contributed by atoms with Crippen molar-refractivity contribution in [3.05, 3.63) is 46.8 Å². The van der Waals surface area contributed by atoms with E-state index in [0.29, 0.717) is 42.8 Å². The first-order chi connectivity index (χ1) is 13.2. The highest BCUT2D eigenvalue weighted by molar-refractivity contribution is 7.13. The highest BCUT2D eigenvalue weighted by Gasteiger charge is 2.22. The van der Waals surface area contributed by atoms with Crippen molar-refractivity contribution in [1.29, 1.82) is 0 Å². The lowest BCUT2D eigenvalue weighted by Crippen LogP contribution is -2.49. The number of hydrogen-bond acceptors (Lipinski definition) is 7. The second-order valence-electron chi connectivity index (χ2n) is 6.18. The molecule has 1 saturated heterocycles. The number of rotatable bonds is 5. The third-order valence-corrected chi connectivity index (χ3v) is 5.50. The van der Waals surface area contributed by atoms with Gasteiger partial charge in [-0.3, -0.25) is 4.79 Å². The summed E-state index contributed by atoms with van der Waals surface area (Å²) in [5.74, 6) is 2.02. The summed E-state index contributed by atoms with van der Waals surface area (Å²) in [5, 5.41) is 6.42. The number of anilines is 1. The molecule has 0 aromatic carbocycles. The topological polar surface area (TPSA) is 75.4 Å². The van der Waals surface area contributed by atoms with Crippen molar-refractivity contribution in [2.45, 2.75) is 12.8 Å². The lowest BCUT2D eigenvalue weighted by Gasteiger charge is -2.35. The second kappa shape index (κ2) is 8.06. The van der Waals surface area contributed by atoms with Crippen molar-refractivity contribution < 1.29 is 9.32 Å². The molecule has 0 unspecified atom stereocenters. The third-order valence-electron chi connectivity index (χ3n) is 4.42. The maximum atomic E-state index is 12.5. The first-order valence-electron chi connectivity index (χ1n) is 8.71. The first-order valence-corrected chi connectivity index (χ1v) is 9.96. The van der Waals surface area contributed by atoms with Crippen molar-refractivity contribution in [2.75, 3.05) is 31.1 Å². The van der Waals surface area contributed by atoms with Crippen LogP contribution in [0, 0.1) is 0 Å². The average Bonchev–Trinajstić information content (AvgIpc) is 3.38. The Morgan fingerprint density at radius 1 is 1.15 bits per heavy atom. The summed E-state index contributed by atoms with van der Waals surface area (Å²) in [4.78, 5) is 26.1. The lowest BCUT2D eigenvalue weighted by atomic mass is 10.2. The van der Waals surface area contributed by atoms with E-state index in [9.17, 15) is 4.79 Å². The Kier molecular flexibility index (Phi) is 5.35. The van der Waals surface area contributed by atoms with Crippen LogP contribution in [0.15, 0.2) is 40.2 Å². The van der Waals surface area contributed by atoms with Crippen molar-refractivity contribution in [3.63, 3.8) is 0 Å². The van der Waals surface area contributed by atoms with Crippen molar-refractivity contribution in [3.8, 4) is 10.7 Å². The Morgan fingerprint density at radius 3 is 2.74 bits per heavy atom. The number of carbonyl (C=O) groups is 1. The van der Waals surface area contributed by atoms with Gasteiger partial charge in [-0.1, -0.05) is 28.9 Å². The minimum absolute atomic E-state index is 0.101. The van der Waals surface area contributed by atoms with E-state index in [2.05, 4.69) is 20.0 Å². The third kappa shape index (κ3) is 4.28. The maximum absolute atomic E-state index is 12.5. The molecule has 1 aliphatic rings. The average molecular weight is 404 g/mol. The quantitative estimate of drug-likeness (QED) is 0.609. The molecular formula is C18H18ClN5O2S. The van der Waals surface area contributed by atoms with E-state index in [-0.39, 0.29) is 5.91 Å². The molecule has 27 heavy (non-hydrogen) atoms. The fraction of sp³-hybridized carbons (Fsp3) is 0.333. The van der Waals surface area contributed by atoms with E-state index in [1.807, 2.05) is 34.5 Å². The molecule has 140 valence electrons. The Bertz CT molecular complexity index is 906. The van der Waals surface area contributed by atoms with Crippen LogP contribution in [-0.2, 0) is 11.2 Å². The van der Waals surface area contributed by atoms with Crippen molar-refractivity contribution in [1.82, 2.24) is 20.0 Å². The normalized spacial score (nSPS) is 14.6.